The van der Waals surface area contributed by atoms with Crippen molar-refractivity contribution in [1.82, 2.24) is 14.8 Å². The number of nitro benzene ring substituents is 1. The van der Waals surface area contributed by atoms with E-state index in [1.165, 1.54) is 12.1 Å². The maximum atomic E-state index is 14.5. The van der Waals surface area contributed by atoms with Crippen LogP contribution >= 0.6 is 0 Å². The van der Waals surface area contributed by atoms with Gasteiger partial charge in [0.15, 0.2) is 5.82 Å². The number of fused-ring (bicyclic) bond motifs is 1. The molecule has 27 heavy (non-hydrogen) atoms. The van der Waals surface area contributed by atoms with Crippen molar-refractivity contribution >= 4 is 11.4 Å². The van der Waals surface area contributed by atoms with Crippen molar-refractivity contribution in [2.24, 2.45) is 0 Å². The number of nitrogens with zero attached hydrogens (tertiary/aromatic N) is 5. The lowest BCUT2D eigenvalue weighted by Crippen LogP contribution is -2.32. The first-order valence-corrected chi connectivity index (χ1v) is 8.69. The third kappa shape index (κ3) is 3.38. The van der Waals surface area contributed by atoms with Crippen LogP contribution in [0.25, 0.3) is 11.4 Å². The molecule has 0 saturated carbocycles. The Bertz CT molecular complexity index is 1000. The first-order chi connectivity index (χ1) is 13.0. The van der Waals surface area contributed by atoms with Gasteiger partial charge in [-0.3, -0.25) is 10.1 Å². The van der Waals surface area contributed by atoms with Crippen LogP contribution in [0.4, 0.5) is 15.8 Å². The van der Waals surface area contributed by atoms with E-state index in [1.54, 1.807) is 29.2 Å². The molecule has 0 aliphatic carbocycles. The largest absolute Gasteiger partial charge is 0.349 e. The van der Waals surface area contributed by atoms with Gasteiger partial charge in [-0.25, -0.2) is 14.1 Å². The van der Waals surface area contributed by atoms with Gasteiger partial charge in [0, 0.05) is 24.2 Å². The smallest absolute Gasteiger partial charge is 0.269 e. The van der Waals surface area contributed by atoms with Crippen molar-refractivity contribution < 1.29 is 9.31 Å². The van der Waals surface area contributed by atoms with E-state index in [-0.39, 0.29) is 11.5 Å². The lowest BCUT2D eigenvalue weighted by Gasteiger charge is -2.31. The normalized spacial score (nSPS) is 13.5. The lowest BCUT2D eigenvalue weighted by molar-refractivity contribution is -0.384. The number of anilines is 1. The fraction of sp³-hybridized carbons (Fsp3) is 0.263. The highest BCUT2D eigenvalue weighted by Gasteiger charge is 2.22. The van der Waals surface area contributed by atoms with Crippen LogP contribution in [-0.4, -0.2) is 26.2 Å². The molecule has 1 aliphatic heterocycles. The van der Waals surface area contributed by atoms with Gasteiger partial charge in [0.2, 0.25) is 0 Å². The van der Waals surface area contributed by atoms with E-state index in [9.17, 15) is 14.5 Å². The zero-order chi connectivity index (χ0) is 19.0. The van der Waals surface area contributed by atoms with Crippen LogP contribution in [0, 0.1) is 22.9 Å². The van der Waals surface area contributed by atoms with Gasteiger partial charge in [-0.1, -0.05) is 6.07 Å². The Kier molecular flexibility index (Phi) is 4.31. The third-order valence-electron chi connectivity index (χ3n) is 4.67. The number of aromatic nitrogens is 3. The minimum Gasteiger partial charge on any atom is -0.349 e. The zero-order valence-electron chi connectivity index (χ0n) is 14.8. The Morgan fingerprint density at radius 2 is 2.04 bits per heavy atom. The summed E-state index contributed by atoms with van der Waals surface area (Å²) in [6, 6.07) is 9.69. The molecule has 0 N–H and O–H groups in total. The van der Waals surface area contributed by atoms with Crippen LogP contribution in [0.5, 0.6) is 0 Å². The van der Waals surface area contributed by atoms with Crippen molar-refractivity contribution in [2.45, 2.75) is 26.4 Å². The summed E-state index contributed by atoms with van der Waals surface area (Å²) in [7, 11) is 0. The molecule has 2 heterocycles. The lowest BCUT2D eigenvalue weighted by atomic mass is 9.99. The van der Waals surface area contributed by atoms with Crippen LogP contribution in [-0.2, 0) is 13.1 Å². The molecule has 4 rings (SSSR count). The minimum atomic E-state index is -0.445. The molecule has 1 aromatic heterocycles. The van der Waals surface area contributed by atoms with Gasteiger partial charge in [0.25, 0.3) is 5.69 Å². The highest BCUT2D eigenvalue weighted by atomic mass is 19.1. The van der Waals surface area contributed by atoms with E-state index in [4.69, 9.17) is 0 Å². The molecule has 0 bridgehead atoms. The number of hydrogen-bond acceptors (Lipinski definition) is 5. The summed E-state index contributed by atoms with van der Waals surface area (Å²) < 4.78 is 16.2. The monoisotopic (exact) mass is 367 g/mol. The van der Waals surface area contributed by atoms with Gasteiger partial charge in [0.1, 0.15) is 18.8 Å². The average molecular weight is 367 g/mol. The molecule has 138 valence electrons. The Balaban J connectivity index is 1.56. The van der Waals surface area contributed by atoms with Crippen LogP contribution in [0.3, 0.4) is 0 Å². The predicted octanol–water partition coefficient (Wildman–Crippen LogP) is 3.71. The van der Waals surface area contributed by atoms with Crippen molar-refractivity contribution in [1.29, 1.82) is 0 Å². The molecule has 7 nitrogen and oxygen atoms in total. The van der Waals surface area contributed by atoms with E-state index in [2.05, 4.69) is 10.1 Å². The summed E-state index contributed by atoms with van der Waals surface area (Å²) in [5.74, 6) is 0.270. The van der Waals surface area contributed by atoms with Crippen molar-refractivity contribution in [2.75, 3.05) is 11.4 Å². The maximum absolute atomic E-state index is 14.5. The molecule has 0 spiro atoms. The summed E-state index contributed by atoms with van der Waals surface area (Å²) in [4.78, 5) is 16.6. The molecular formula is C19H18FN5O2. The van der Waals surface area contributed by atoms with E-state index in [0.717, 1.165) is 30.5 Å². The molecule has 8 heteroatoms. The quantitative estimate of drug-likeness (QED) is 0.519. The number of aryl methyl sites for hydroxylation is 2. The molecular weight excluding hydrogens is 349 g/mol. The van der Waals surface area contributed by atoms with E-state index in [1.807, 2.05) is 17.9 Å². The molecule has 0 atom stereocenters. The Morgan fingerprint density at radius 3 is 2.78 bits per heavy atom. The van der Waals surface area contributed by atoms with Gasteiger partial charge in [0.05, 0.1) is 10.6 Å². The third-order valence-corrected chi connectivity index (χ3v) is 4.67. The second kappa shape index (κ2) is 6.79. The average Bonchev–Trinajstić information content (AvgIpc) is 3.10. The van der Waals surface area contributed by atoms with Crippen molar-refractivity contribution in [3.05, 3.63) is 69.8 Å². The Morgan fingerprint density at radius 1 is 1.26 bits per heavy atom. The number of hydrogen-bond donors (Lipinski definition) is 0. The Hall–Kier alpha value is -3.29. The molecule has 0 fully saturated rings. The second-order valence-electron chi connectivity index (χ2n) is 6.67. The topological polar surface area (TPSA) is 77.1 Å². The summed E-state index contributed by atoms with van der Waals surface area (Å²) in [6.45, 7) is 3.04. The van der Waals surface area contributed by atoms with Gasteiger partial charge in [-0.15, -0.1) is 5.10 Å². The molecule has 0 unspecified atom stereocenters. The fourth-order valence-electron chi connectivity index (χ4n) is 3.47. The van der Waals surface area contributed by atoms with Crippen LogP contribution < -0.4 is 4.90 Å². The molecule has 1 aliphatic rings. The van der Waals surface area contributed by atoms with Gasteiger partial charge in [-0.2, -0.15) is 0 Å². The van der Waals surface area contributed by atoms with Crippen LogP contribution in [0.15, 0.2) is 42.7 Å². The van der Waals surface area contributed by atoms with E-state index >= 15 is 0 Å². The highest BCUT2D eigenvalue weighted by molar-refractivity contribution is 5.58. The first kappa shape index (κ1) is 17.1. The van der Waals surface area contributed by atoms with Crippen molar-refractivity contribution in [3.63, 3.8) is 0 Å². The number of halogens is 1. The van der Waals surface area contributed by atoms with E-state index in [0.29, 0.717) is 23.7 Å². The van der Waals surface area contributed by atoms with Crippen LogP contribution in [0.1, 0.15) is 17.5 Å². The first-order valence-electron chi connectivity index (χ1n) is 8.69. The molecule has 2 aromatic carbocycles. The number of non-ortho nitro benzene ring substituents is 1. The van der Waals surface area contributed by atoms with Crippen LogP contribution in [0.2, 0.25) is 0 Å². The standard InChI is InChI=1S/C19H18FN5O2/c1-13-9-15-3-2-8-23(18(15)17(20)10-13)12-24-11-21-19(22-24)14-4-6-16(7-5-14)25(26)27/h4-7,9-11H,2-3,8,12H2,1H3. The molecule has 0 radical (unpaired) electrons. The number of rotatable bonds is 4. The summed E-state index contributed by atoms with van der Waals surface area (Å²) in [5.41, 5.74) is 3.30. The fourth-order valence-corrected chi connectivity index (χ4v) is 3.47. The van der Waals surface area contributed by atoms with Gasteiger partial charge < -0.3 is 4.90 Å². The number of nitro groups is 1. The maximum Gasteiger partial charge on any atom is 0.269 e. The zero-order valence-corrected chi connectivity index (χ0v) is 14.8. The Labute approximate surface area is 155 Å². The summed E-state index contributed by atoms with van der Waals surface area (Å²) in [5, 5.41) is 15.2. The number of benzene rings is 2. The minimum absolute atomic E-state index is 0.0221. The molecule has 0 saturated heterocycles. The molecule has 0 amide bonds. The summed E-state index contributed by atoms with van der Waals surface area (Å²) in [6.07, 6.45) is 3.42. The van der Waals surface area contributed by atoms with E-state index < -0.39 is 4.92 Å². The van der Waals surface area contributed by atoms with Crippen molar-refractivity contribution in [3.8, 4) is 11.4 Å². The predicted molar refractivity (Wildman–Crippen MR) is 98.9 cm³/mol. The summed E-state index contributed by atoms with van der Waals surface area (Å²) >= 11 is 0. The van der Waals surface area contributed by atoms with Gasteiger partial charge >= 0.3 is 0 Å². The van der Waals surface area contributed by atoms with Gasteiger partial charge in [-0.05, 0) is 49.1 Å². The molecule has 3 aromatic rings. The second-order valence-corrected chi connectivity index (χ2v) is 6.67. The SMILES string of the molecule is Cc1cc(F)c2c(c1)CCCN2Cn1cnc(-c2ccc([N+](=O)[O-])cc2)n1. The highest BCUT2D eigenvalue weighted by Crippen LogP contribution is 2.31.